The van der Waals surface area contributed by atoms with Crippen LogP contribution in [0.2, 0.25) is 0 Å². The molecule has 1 aliphatic heterocycles. The van der Waals surface area contributed by atoms with E-state index in [-0.39, 0.29) is 5.92 Å². The lowest BCUT2D eigenvalue weighted by molar-refractivity contribution is -0.137. The van der Waals surface area contributed by atoms with E-state index in [9.17, 15) is 4.79 Å². The summed E-state index contributed by atoms with van der Waals surface area (Å²) in [6.07, 6.45) is 3.02. The molecule has 0 bridgehead atoms. The molecule has 1 rings (SSSR count). The topological polar surface area (TPSA) is 32.3 Å². The molecule has 94 valence electrons. The zero-order valence-electron chi connectivity index (χ0n) is 11.1. The molecule has 0 aromatic rings. The number of amides is 1. The fourth-order valence-electron chi connectivity index (χ4n) is 2.67. The third kappa shape index (κ3) is 2.97. The van der Waals surface area contributed by atoms with E-state index in [1.165, 1.54) is 0 Å². The standard InChI is InChI=1S/C13H26N2O/c1-5-11(6-2)13(16)15-8-7-12(14-4)10(3)9-15/h10-12,14H,5-9H2,1-4H3. The largest absolute Gasteiger partial charge is 0.342 e. The van der Waals surface area contributed by atoms with E-state index >= 15 is 0 Å². The van der Waals surface area contributed by atoms with Crippen molar-refractivity contribution in [3.05, 3.63) is 0 Å². The molecular formula is C13H26N2O. The van der Waals surface area contributed by atoms with E-state index in [2.05, 4.69) is 31.0 Å². The van der Waals surface area contributed by atoms with Gasteiger partial charge in [0.05, 0.1) is 0 Å². The SMILES string of the molecule is CCC(CC)C(=O)N1CCC(NC)C(C)C1. The number of carbonyl (C=O) groups excluding carboxylic acids is 1. The first-order valence-electron chi connectivity index (χ1n) is 6.60. The van der Waals surface area contributed by atoms with Crippen LogP contribution in [0.1, 0.15) is 40.0 Å². The predicted molar refractivity (Wildman–Crippen MR) is 67.3 cm³/mol. The molecule has 0 aromatic heterocycles. The highest BCUT2D eigenvalue weighted by Crippen LogP contribution is 2.20. The van der Waals surface area contributed by atoms with Gasteiger partial charge < -0.3 is 10.2 Å². The Morgan fingerprint density at radius 3 is 2.50 bits per heavy atom. The Balaban J connectivity index is 2.53. The van der Waals surface area contributed by atoms with Crippen LogP contribution in [-0.2, 0) is 4.79 Å². The van der Waals surface area contributed by atoms with Crippen LogP contribution in [0.25, 0.3) is 0 Å². The second-order valence-electron chi connectivity index (χ2n) is 4.96. The van der Waals surface area contributed by atoms with Gasteiger partial charge in [-0.15, -0.1) is 0 Å². The summed E-state index contributed by atoms with van der Waals surface area (Å²) < 4.78 is 0. The van der Waals surface area contributed by atoms with Crippen molar-refractivity contribution in [3.63, 3.8) is 0 Å². The summed E-state index contributed by atoms with van der Waals surface area (Å²) in [7, 11) is 2.01. The van der Waals surface area contributed by atoms with Gasteiger partial charge in [0.25, 0.3) is 0 Å². The van der Waals surface area contributed by atoms with E-state index in [1.54, 1.807) is 0 Å². The number of rotatable bonds is 4. The van der Waals surface area contributed by atoms with Crippen LogP contribution < -0.4 is 5.32 Å². The number of hydrogen-bond acceptors (Lipinski definition) is 2. The second-order valence-corrected chi connectivity index (χ2v) is 4.96. The minimum atomic E-state index is 0.235. The molecule has 1 amide bonds. The van der Waals surface area contributed by atoms with Crippen molar-refractivity contribution in [2.24, 2.45) is 11.8 Å². The summed E-state index contributed by atoms with van der Waals surface area (Å²) in [5.41, 5.74) is 0. The molecule has 1 heterocycles. The number of nitrogens with zero attached hydrogens (tertiary/aromatic N) is 1. The minimum absolute atomic E-state index is 0.235. The lowest BCUT2D eigenvalue weighted by Gasteiger charge is -2.38. The minimum Gasteiger partial charge on any atom is -0.342 e. The summed E-state index contributed by atoms with van der Waals surface area (Å²) in [6, 6.07) is 0.575. The second kappa shape index (κ2) is 6.24. The highest BCUT2D eigenvalue weighted by atomic mass is 16.2. The summed E-state index contributed by atoms with van der Waals surface area (Å²) in [6.45, 7) is 8.28. The van der Waals surface area contributed by atoms with E-state index in [0.29, 0.717) is 17.9 Å². The van der Waals surface area contributed by atoms with Gasteiger partial charge in [0.2, 0.25) is 5.91 Å². The van der Waals surface area contributed by atoms with Crippen molar-refractivity contribution in [2.45, 2.75) is 46.1 Å². The predicted octanol–water partition coefficient (Wildman–Crippen LogP) is 1.88. The molecule has 2 atom stereocenters. The van der Waals surface area contributed by atoms with E-state index < -0.39 is 0 Å². The molecule has 0 spiro atoms. The van der Waals surface area contributed by atoms with Crippen LogP contribution >= 0.6 is 0 Å². The van der Waals surface area contributed by atoms with E-state index in [1.807, 2.05) is 7.05 Å². The van der Waals surface area contributed by atoms with Crippen LogP contribution in [-0.4, -0.2) is 37.0 Å². The van der Waals surface area contributed by atoms with Gasteiger partial charge in [0.15, 0.2) is 0 Å². The fourth-order valence-corrected chi connectivity index (χ4v) is 2.67. The van der Waals surface area contributed by atoms with E-state index in [4.69, 9.17) is 0 Å². The lowest BCUT2D eigenvalue weighted by atomic mass is 9.92. The molecular weight excluding hydrogens is 200 g/mol. The van der Waals surface area contributed by atoms with Crippen LogP contribution in [0.5, 0.6) is 0 Å². The van der Waals surface area contributed by atoms with Crippen molar-refractivity contribution in [2.75, 3.05) is 20.1 Å². The average Bonchev–Trinajstić information content (AvgIpc) is 2.30. The summed E-state index contributed by atoms with van der Waals surface area (Å²) in [5.74, 6) is 1.17. The number of nitrogens with one attached hydrogen (secondary N) is 1. The molecule has 1 N–H and O–H groups in total. The molecule has 3 heteroatoms. The number of piperidine rings is 1. The van der Waals surface area contributed by atoms with Gasteiger partial charge in [-0.2, -0.15) is 0 Å². The maximum Gasteiger partial charge on any atom is 0.225 e. The first-order chi connectivity index (χ1) is 7.63. The van der Waals surface area contributed by atoms with Crippen LogP contribution in [0.4, 0.5) is 0 Å². The molecule has 0 aromatic carbocycles. The molecule has 1 saturated heterocycles. The molecule has 1 aliphatic rings. The Bertz CT molecular complexity index is 226. The van der Waals surface area contributed by atoms with Gasteiger partial charge >= 0.3 is 0 Å². The zero-order chi connectivity index (χ0) is 12.1. The Labute approximate surface area is 99.6 Å². The average molecular weight is 226 g/mol. The highest BCUT2D eigenvalue weighted by molar-refractivity contribution is 5.78. The van der Waals surface area contributed by atoms with Crippen molar-refractivity contribution in [3.8, 4) is 0 Å². The molecule has 0 radical (unpaired) electrons. The molecule has 16 heavy (non-hydrogen) atoms. The zero-order valence-corrected chi connectivity index (χ0v) is 11.1. The van der Waals surface area contributed by atoms with E-state index in [0.717, 1.165) is 32.4 Å². The molecule has 2 unspecified atom stereocenters. The number of hydrogen-bond donors (Lipinski definition) is 1. The van der Waals surface area contributed by atoms with Crippen LogP contribution in [0.3, 0.4) is 0 Å². The normalized spacial score (nSPS) is 26.2. The maximum atomic E-state index is 12.2. The first kappa shape index (κ1) is 13.5. The van der Waals surface area contributed by atoms with Crippen molar-refractivity contribution < 1.29 is 4.79 Å². The first-order valence-corrected chi connectivity index (χ1v) is 6.60. The van der Waals surface area contributed by atoms with Crippen LogP contribution in [0.15, 0.2) is 0 Å². The Hall–Kier alpha value is -0.570. The molecule has 0 aliphatic carbocycles. The third-order valence-electron chi connectivity index (χ3n) is 3.92. The number of carbonyl (C=O) groups is 1. The quantitative estimate of drug-likeness (QED) is 0.794. The molecule has 3 nitrogen and oxygen atoms in total. The summed E-state index contributed by atoms with van der Waals surface area (Å²) >= 11 is 0. The highest BCUT2D eigenvalue weighted by Gasteiger charge is 2.29. The Morgan fingerprint density at radius 2 is 2.06 bits per heavy atom. The van der Waals surface area contributed by atoms with Crippen molar-refractivity contribution >= 4 is 5.91 Å². The van der Waals surface area contributed by atoms with Gasteiger partial charge in [-0.1, -0.05) is 20.8 Å². The van der Waals surface area contributed by atoms with Gasteiger partial charge in [-0.3, -0.25) is 4.79 Å². The summed E-state index contributed by atoms with van der Waals surface area (Å²) in [4.78, 5) is 14.3. The van der Waals surface area contributed by atoms with Crippen molar-refractivity contribution in [1.82, 2.24) is 10.2 Å². The summed E-state index contributed by atoms with van der Waals surface area (Å²) in [5, 5.41) is 3.33. The molecule has 0 saturated carbocycles. The lowest BCUT2D eigenvalue weighted by Crippen LogP contribution is -2.50. The fraction of sp³-hybridized carbons (Fsp3) is 0.923. The monoisotopic (exact) mass is 226 g/mol. The van der Waals surface area contributed by atoms with Crippen LogP contribution in [0, 0.1) is 11.8 Å². The molecule has 1 fully saturated rings. The smallest absolute Gasteiger partial charge is 0.225 e. The van der Waals surface area contributed by atoms with Gasteiger partial charge in [0, 0.05) is 25.0 Å². The van der Waals surface area contributed by atoms with Gasteiger partial charge in [0.1, 0.15) is 0 Å². The third-order valence-corrected chi connectivity index (χ3v) is 3.92. The van der Waals surface area contributed by atoms with Gasteiger partial charge in [-0.25, -0.2) is 0 Å². The van der Waals surface area contributed by atoms with Crippen molar-refractivity contribution in [1.29, 1.82) is 0 Å². The van der Waals surface area contributed by atoms with Gasteiger partial charge in [-0.05, 0) is 32.2 Å². The Kier molecular flexibility index (Phi) is 5.26. The maximum absolute atomic E-state index is 12.2. The Morgan fingerprint density at radius 1 is 1.44 bits per heavy atom. The number of likely N-dealkylation sites (tertiary alicyclic amines) is 1.